The second-order valence-electron chi connectivity index (χ2n) is 5.58. The summed E-state index contributed by atoms with van der Waals surface area (Å²) >= 11 is 0. The molecule has 1 saturated heterocycles. The van der Waals surface area contributed by atoms with Crippen LogP contribution in [0.4, 0.5) is 0 Å². The van der Waals surface area contributed by atoms with Gasteiger partial charge in [-0.05, 0) is 37.5 Å². The van der Waals surface area contributed by atoms with Crippen molar-refractivity contribution in [2.75, 3.05) is 6.54 Å². The van der Waals surface area contributed by atoms with Gasteiger partial charge in [-0.3, -0.25) is 5.84 Å². The Labute approximate surface area is 94.2 Å². The summed E-state index contributed by atoms with van der Waals surface area (Å²) in [5, 5.41) is 2.07. The Bertz CT molecular complexity index is 185. The first-order valence-corrected chi connectivity index (χ1v) is 6.81. The van der Waals surface area contributed by atoms with Crippen LogP contribution >= 0.6 is 0 Å². The van der Waals surface area contributed by atoms with Crippen LogP contribution in [0.2, 0.25) is 0 Å². The first-order valence-electron chi connectivity index (χ1n) is 6.81. The van der Waals surface area contributed by atoms with E-state index < -0.39 is 0 Å². The molecular weight excluding hydrogens is 184 g/mol. The van der Waals surface area contributed by atoms with E-state index in [1.54, 1.807) is 0 Å². The zero-order chi connectivity index (χ0) is 10.7. The summed E-state index contributed by atoms with van der Waals surface area (Å²) in [6, 6.07) is 0.658. The average molecular weight is 210 g/mol. The Hall–Kier alpha value is -0.0800. The van der Waals surface area contributed by atoms with E-state index in [1.165, 1.54) is 51.4 Å². The van der Waals surface area contributed by atoms with Gasteiger partial charge in [-0.2, -0.15) is 0 Å². The van der Waals surface area contributed by atoms with Gasteiger partial charge in [0.1, 0.15) is 0 Å². The van der Waals surface area contributed by atoms with Crippen molar-refractivity contribution >= 4 is 0 Å². The van der Waals surface area contributed by atoms with E-state index in [1.807, 2.05) is 0 Å². The minimum atomic E-state index is 0.658. The van der Waals surface area contributed by atoms with E-state index in [-0.39, 0.29) is 0 Å². The molecule has 1 heterocycles. The largest absolute Gasteiger partial charge is 0.269 e. The first-order chi connectivity index (χ1) is 7.29. The molecule has 2 atom stereocenters. The molecule has 2 N–H and O–H groups in total. The molecule has 2 rings (SSSR count). The van der Waals surface area contributed by atoms with Crippen molar-refractivity contribution in [3.05, 3.63) is 0 Å². The maximum atomic E-state index is 5.99. The van der Waals surface area contributed by atoms with Crippen LogP contribution < -0.4 is 5.84 Å². The fourth-order valence-corrected chi connectivity index (χ4v) is 3.48. The first kappa shape index (κ1) is 11.4. The van der Waals surface area contributed by atoms with E-state index in [0.717, 1.165) is 18.4 Å². The number of nitrogens with two attached hydrogens (primary N) is 1. The molecule has 0 aromatic rings. The van der Waals surface area contributed by atoms with Gasteiger partial charge in [-0.15, -0.1) is 0 Å². The van der Waals surface area contributed by atoms with Crippen LogP contribution in [0.15, 0.2) is 0 Å². The maximum absolute atomic E-state index is 5.99. The molecule has 15 heavy (non-hydrogen) atoms. The molecular formula is C13H26N2. The summed E-state index contributed by atoms with van der Waals surface area (Å²) in [6.45, 7) is 3.39. The van der Waals surface area contributed by atoms with Gasteiger partial charge in [0.05, 0.1) is 0 Å². The minimum Gasteiger partial charge on any atom is -0.269 e. The Morgan fingerprint density at radius 2 is 1.87 bits per heavy atom. The second-order valence-corrected chi connectivity index (χ2v) is 5.58. The second kappa shape index (κ2) is 5.31. The van der Waals surface area contributed by atoms with Crippen molar-refractivity contribution in [3.8, 4) is 0 Å². The molecule has 1 saturated carbocycles. The zero-order valence-electron chi connectivity index (χ0n) is 10.1. The Morgan fingerprint density at radius 1 is 1.13 bits per heavy atom. The lowest BCUT2D eigenvalue weighted by Crippen LogP contribution is -2.46. The topological polar surface area (TPSA) is 29.3 Å². The summed E-state index contributed by atoms with van der Waals surface area (Å²) in [5.74, 6) is 8.02. The van der Waals surface area contributed by atoms with Gasteiger partial charge in [0.25, 0.3) is 0 Å². The predicted molar refractivity (Wildman–Crippen MR) is 64.3 cm³/mol. The Kier molecular flexibility index (Phi) is 4.04. The molecule has 0 aromatic carbocycles. The summed E-state index contributed by atoms with van der Waals surface area (Å²) < 4.78 is 0. The van der Waals surface area contributed by atoms with Crippen LogP contribution in [-0.2, 0) is 0 Å². The molecule has 2 nitrogen and oxygen atoms in total. The lowest BCUT2D eigenvalue weighted by Gasteiger charge is -2.37. The number of rotatable bonds is 3. The van der Waals surface area contributed by atoms with Crippen LogP contribution in [0.1, 0.15) is 58.3 Å². The average Bonchev–Trinajstić information content (AvgIpc) is 2.73. The van der Waals surface area contributed by atoms with E-state index in [9.17, 15) is 0 Å². The number of piperidine rings is 1. The molecule has 2 aliphatic rings. The van der Waals surface area contributed by atoms with Crippen molar-refractivity contribution in [2.24, 2.45) is 17.7 Å². The minimum absolute atomic E-state index is 0.658. The summed E-state index contributed by atoms with van der Waals surface area (Å²) in [7, 11) is 0. The molecule has 0 spiro atoms. The van der Waals surface area contributed by atoms with Crippen molar-refractivity contribution in [2.45, 2.75) is 64.3 Å². The number of hydrogen-bond donors (Lipinski definition) is 1. The summed E-state index contributed by atoms with van der Waals surface area (Å²) in [5.41, 5.74) is 0. The molecule has 1 aliphatic carbocycles. The third-order valence-corrected chi connectivity index (χ3v) is 4.48. The standard InChI is InChI=1S/C13H26N2/c1-2-13-10-12(7-8-15(13)14)9-11-5-3-4-6-11/h11-13H,2-10,14H2,1H3. The Morgan fingerprint density at radius 3 is 2.53 bits per heavy atom. The summed E-state index contributed by atoms with van der Waals surface area (Å²) in [4.78, 5) is 0. The van der Waals surface area contributed by atoms with Gasteiger partial charge >= 0.3 is 0 Å². The van der Waals surface area contributed by atoms with E-state index in [4.69, 9.17) is 5.84 Å². The van der Waals surface area contributed by atoms with Crippen LogP contribution in [0.5, 0.6) is 0 Å². The van der Waals surface area contributed by atoms with Crippen LogP contribution in [0.25, 0.3) is 0 Å². The lowest BCUT2D eigenvalue weighted by molar-refractivity contribution is 0.0988. The molecule has 0 aromatic heterocycles. The number of nitrogens with zero attached hydrogens (tertiary/aromatic N) is 1. The van der Waals surface area contributed by atoms with Gasteiger partial charge in [-0.1, -0.05) is 32.6 Å². The molecule has 88 valence electrons. The quantitative estimate of drug-likeness (QED) is 0.726. The monoisotopic (exact) mass is 210 g/mol. The highest BCUT2D eigenvalue weighted by Crippen LogP contribution is 2.35. The molecule has 2 heteroatoms. The van der Waals surface area contributed by atoms with Gasteiger partial charge in [0, 0.05) is 12.6 Å². The van der Waals surface area contributed by atoms with Crippen LogP contribution in [0, 0.1) is 11.8 Å². The van der Waals surface area contributed by atoms with E-state index in [2.05, 4.69) is 11.9 Å². The van der Waals surface area contributed by atoms with Crippen molar-refractivity contribution < 1.29 is 0 Å². The van der Waals surface area contributed by atoms with Gasteiger partial charge in [0.2, 0.25) is 0 Å². The third-order valence-electron chi connectivity index (χ3n) is 4.48. The summed E-state index contributed by atoms with van der Waals surface area (Å²) in [6.07, 6.45) is 11.4. The molecule has 0 bridgehead atoms. The molecule has 0 radical (unpaired) electrons. The van der Waals surface area contributed by atoms with Crippen LogP contribution in [-0.4, -0.2) is 17.6 Å². The van der Waals surface area contributed by atoms with Crippen molar-refractivity contribution in [1.82, 2.24) is 5.01 Å². The molecule has 2 unspecified atom stereocenters. The molecule has 1 aliphatic heterocycles. The van der Waals surface area contributed by atoms with Crippen molar-refractivity contribution in [1.29, 1.82) is 0 Å². The number of hydrazine groups is 1. The highest BCUT2D eigenvalue weighted by molar-refractivity contribution is 4.80. The fourth-order valence-electron chi connectivity index (χ4n) is 3.48. The normalized spacial score (nSPS) is 34.8. The molecule has 0 amide bonds. The van der Waals surface area contributed by atoms with Gasteiger partial charge in [0.15, 0.2) is 0 Å². The van der Waals surface area contributed by atoms with Crippen molar-refractivity contribution in [3.63, 3.8) is 0 Å². The van der Waals surface area contributed by atoms with Gasteiger partial charge in [-0.25, -0.2) is 5.01 Å². The SMILES string of the molecule is CCC1CC(CC2CCCC2)CCN1N. The lowest BCUT2D eigenvalue weighted by atomic mass is 9.83. The highest BCUT2D eigenvalue weighted by Gasteiger charge is 2.28. The smallest absolute Gasteiger partial charge is 0.0241 e. The highest BCUT2D eigenvalue weighted by atomic mass is 15.4. The maximum Gasteiger partial charge on any atom is 0.0241 e. The van der Waals surface area contributed by atoms with Crippen LogP contribution in [0.3, 0.4) is 0 Å². The molecule has 2 fully saturated rings. The van der Waals surface area contributed by atoms with Gasteiger partial charge < -0.3 is 0 Å². The zero-order valence-corrected chi connectivity index (χ0v) is 10.1. The Balaban J connectivity index is 1.78. The number of hydrogen-bond acceptors (Lipinski definition) is 2. The fraction of sp³-hybridized carbons (Fsp3) is 1.00. The predicted octanol–water partition coefficient (Wildman–Crippen LogP) is 2.93. The van der Waals surface area contributed by atoms with E-state index in [0.29, 0.717) is 6.04 Å². The third kappa shape index (κ3) is 2.94. The van der Waals surface area contributed by atoms with E-state index >= 15 is 0 Å².